The molecule has 0 fully saturated rings. The lowest BCUT2D eigenvalue weighted by Gasteiger charge is -2.19. The molecule has 0 atom stereocenters. The van der Waals surface area contributed by atoms with Gasteiger partial charge in [-0.1, -0.05) is 17.4 Å². The van der Waals surface area contributed by atoms with Crippen molar-refractivity contribution in [2.24, 2.45) is 0 Å². The predicted molar refractivity (Wildman–Crippen MR) is 118 cm³/mol. The summed E-state index contributed by atoms with van der Waals surface area (Å²) in [7, 11) is 5.48. The van der Waals surface area contributed by atoms with Gasteiger partial charge in [-0.25, -0.2) is 4.98 Å². The molecular formula is C19H23ClN4O5S. The molecule has 2 heterocycles. The minimum Gasteiger partial charge on any atom is -0.494 e. The number of nitrogens with zero attached hydrogens (tertiary/aromatic N) is 4. The van der Waals surface area contributed by atoms with E-state index in [1.165, 1.54) is 28.4 Å². The summed E-state index contributed by atoms with van der Waals surface area (Å²) in [6.07, 6.45) is 0.702. The first kappa shape index (κ1) is 23.6. The second-order valence-electron chi connectivity index (χ2n) is 6.77. The third-order valence-corrected chi connectivity index (χ3v) is 5.57. The summed E-state index contributed by atoms with van der Waals surface area (Å²) < 4.78 is 11.5. The van der Waals surface area contributed by atoms with E-state index in [0.29, 0.717) is 29.4 Å². The quantitative estimate of drug-likeness (QED) is 0.372. The van der Waals surface area contributed by atoms with Crippen molar-refractivity contribution in [2.45, 2.75) is 13.3 Å². The number of ether oxygens (including phenoxy) is 1. The highest BCUT2D eigenvalue weighted by molar-refractivity contribution is 7.22. The maximum atomic E-state index is 13.1. The van der Waals surface area contributed by atoms with Crippen LogP contribution in [0, 0.1) is 17.0 Å². The average Bonchev–Trinajstić information content (AvgIpc) is 3.33. The number of fused-ring (bicyclic) bond motifs is 1. The van der Waals surface area contributed by atoms with E-state index in [1.807, 2.05) is 38.1 Å². The Morgan fingerprint density at radius 1 is 1.27 bits per heavy atom. The van der Waals surface area contributed by atoms with Crippen molar-refractivity contribution >= 4 is 50.9 Å². The summed E-state index contributed by atoms with van der Waals surface area (Å²) in [5.74, 6) is -0.400. The topological polar surface area (TPSA) is 102 Å². The van der Waals surface area contributed by atoms with Crippen LogP contribution in [0.25, 0.3) is 10.2 Å². The minimum atomic E-state index is -0.668. The molecule has 0 unspecified atom stereocenters. The van der Waals surface area contributed by atoms with Crippen LogP contribution in [0.4, 0.5) is 11.0 Å². The van der Waals surface area contributed by atoms with Crippen molar-refractivity contribution in [3.8, 4) is 5.75 Å². The number of nitro groups is 1. The van der Waals surface area contributed by atoms with Gasteiger partial charge in [0.25, 0.3) is 5.91 Å². The number of carbonyl (C=O) groups is 1. The van der Waals surface area contributed by atoms with E-state index < -0.39 is 16.7 Å². The van der Waals surface area contributed by atoms with E-state index in [0.717, 1.165) is 16.8 Å². The number of rotatable bonds is 8. The van der Waals surface area contributed by atoms with E-state index >= 15 is 0 Å². The Bertz CT molecular complexity index is 1050. The molecular weight excluding hydrogens is 432 g/mol. The fourth-order valence-corrected chi connectivity index (χ4v) is 3.96. The number of furan rings is 1. The fourth-order valence-electron chi connectivity index (χ4n) is 2.88. The fraction of sp³-hybridized carbons (Fsp3) is 0.368. The third kappa shape index (κ3) is 4.89. The Morgan fingerprint density at radius 3 is 2.60 bits per heavy atom. The molecule has 11 heteroatoms. The number of carbonyl (C=O) groups excluding carboxylic acids is 1. The number of aromatic nitrogens is 1. The molecule has 0 N–H and O–H groups in total. The van der Waals surface area contributed by atoms with Crippen molar-refractivity contribution in [3.05, 3.63) is 45.7 Å². The average molecular weight is 455 g/mol. The number of anilines is 1. The summed E-state index contributed by atoms with van der Waals surface area (Å²) in [5, 5.41) is 11.4. The van der Waals surface area contributed by atoms with Crippen LogP contribution in [0.5, 0.6) is 5.75 Å². The van der Waals surface area contributed by atoms with Crippen molar-refractivity contribution < 1.29 is 18.9 Å². The number of benzene rings is 1. The number of hydrogen-bond donors (Lipinski definition) is 0. The Kier molecular flexibility index (Phi) is 7.77. The largest absolute Gasteiger partial charge is 0.494 e. The van der Waals surface area contributed by atoms with E-state index in [9.17, 15) is 14.9 Å². The second kappa shape index (κ2) is 9.88. The van der Waals surface area contributed by atoms with Crippen LogP contribution < -0.4 is 9.64 Å². The summed E-state index contributed by atoms with van der Waals surface area (Å²) in [6, 6.07) is 6.28. The SMILES string of the molecule is COc1ccc(C)c2sc(N(CCCN(C)C)C(=O)c3ccc([N+](=O)[O-])o3)nc12.Cl. The first-order valence-electron chi connectivity index (χ1n) is 8.96. The third-order valence-electron chi connectivity index (χ3n) is 4.36. The van der Waals surface area contributed by atoms with E-state index in [2.05, 4.69) is 4.98 Å². The second-order valence-corrected chi connectivity index (χ2v) is 7.75. The van der Waals surface area contributed by atoms with Crippen LogP contribution in [0.2, 0.25) is 0 Å². The Balaban J connectivity index is 0.00000320. The van der Waals surface area contributed by atoms with Gasteiger partial charge in [-0.05, 0) is 51.7 Å². The Labute approximate surface area is 183 Å². The zero-order valence-corrected chi connectivity index (χ0v) is 18.7. The molecule has 162 valence electrons. The maximum Gasteiger partial charge on any atom is 0.433 e. The molecule has 0 aliphatic rings. The van der Waals surface area contributed by atoms with E-state index in [1.54, 1.807) is 7.11 Å². The number of amides is 1. The minimum absolute atomic E-state index is 0. The zero-order valence-electron chi connectivity index (χ0n) is 17.1. The molecule has 0 aliphatic carbocycles. The van der Waals surface area contributed by atoms with Crippen LogP contribution in [0.1, 0.15) is 22.5 Å². The summed E-state index contributed by atoms with van der Waals surface area (Å²) in [4.78, 5) is 31.5. The van der Waals surface area contributed by atoms with Gasteiger partial charge in [0.2, 0.25) is 0 Å². The monoisotopic (exact) mass is 454 g/mol. The number of methoxy groups -OCH3 is 1. The van der Waals surface area contributed by atoms with Gasteiger partial charge in [0.15, 0.2) is 10.9 Å². The highest BCUT2D eigenvalue weighted by Gasteiger charge is 2.26. The Hall–Kier alpha value is -2.69. The molecule has 30 heavy (non-hydrogen) atoms. The summed E-state index contributed by atoms with van der Waals surface area (Å²) in [6.45, 7) is 3.14. The van der Waals surface area contributed by atoms with Gasteiger partial charge >= 0.3 is 5.88 Å². The first-order chi connectivity index (χ1) is 13.8. The smallest absolute Gasteiger partial charge is 0.433 e. The molecule has 0 saturated heterocycles. The molecule has 0 bridgehead atoms. The van der Waals surface area contributed by atoms with Gasteiger partial charge in [-0.2, -0.15) is 0 Å². The van der Waals surface area contributed by atoms with Gasteiger partial charge in [0.05, 0.1) is 17.9 Å². The predicted octanol–water partition coefficient (Wildman–Crippen LogP) is 4.13. The maximum absolute atomic E-state index is 13.1. The van der Waals surface area contributed by atoms with Crippen LogP contribution in [0.15, 0.2) is 28.7 Å². The molecule has 0 aliphatic heterocycles. The molecule has 0 spiro atoms. The van der Waals surface area contributed by atoms with Crippen LogP contribution in [-0.4, -0.2) is 55.0 Å². The van der Waals surface area contributed by atoms with Crippen LogP contribution >= 0.6 is 23.7 Å². The molecule has 1 amide bonds. The lowest BCUT2D eigenvalue weighted by molar-refractivity contribution is -0.402. The number of aryl methyl sites for hydroxylation is 1. The summed E-state index contributed by atoms with van der Waals surface area (Å²) in [5.41, 5.74) is 1.71. The molecule has 2 aromatic heterocycles. The van der Waals surface area contributed by atoms with E-state index in [-0.39, 0.29) is 18.2 Å². The number of hydrogen-bond acceptors (Lipinski definition) is 8. The van der Waals surface area contributed by atoms with Crippen molar-refractivity contribution in [3.63, 3.8) is 0 Å². The van der Waals surface area contributed by atoms with Crippen molar-refractivity contribution in [2.75, 3.05) is 39.2 Å². The number of thiazole rings is 1. The highest BCUT2D eigenvalue weighted by atomic mass is 35.5. The van der Waals surface area contributed by atoms with Gasteiger partial charge in [0.1, 0.15) is 16.2 Å². The number of halogens is 1. The van der Waals surface area contributed by atoms with Gasteiger partial charge < -0.3 is 14.1 Å². The molecule has 0 saturated carbocycles. The molecule has 0 radical (unpaired) electrons. The van der Waals surface area contributed by atoms with Gasteiger partial charge in [-0.3, -0.25) is 19.8 Å². The molecule has 9 nitrogen and oxygen atoms in total. The van der Waals surface area contributed by atoms with Gasteiger partial charge in [0, 0.05) is 6.54 Å². The normalized spacial score (nSPS) is 10.8. The Morgan fingerprint density at radius 2 is 2.00 bits per heavy atom. The van der Waals surface area contributed by atoms with Crippen molar-refractivity contribution in [1.82, 2.24) is 9.88 Å². The molecule has 1 aromatic carbocycles. The van der Waals surface area contributed by atoms with E-state index in [4.69, 9.17) is 9.15 Å². The standard InChI is InChI=1S/C19H22N4O5S.ClH/c1-12-6-7-13(27-4)16-17(12)29-19(20-16)22(11-5-10-21(2)3)18(24)14-8-9-15(28-14)23(25)26;/h6-9H,5,10-11H2,1-4H3;1H. The highest BCUT2D eigenvalue weighted by Crippen LogP contribution is 2.37. The van der Waals surface area contributed by atoms with Crippen LogP contribution in [-0.2, 0) is 0 Å². The molecule has 3 aromatic rings. The van der Waals surface area contributed by atoms with Gasteiger partial charge in [-0.15, -0.1) is 12.4 Å². The lowest BCUT2D eigenvalue weighted by Crippen LogP contribution is -2.33. The lowest BCUT2D eigenvalue weighted by atomic mass is 10.2. The first-order valence-corrected chi connectivity index (χ1v) is 9.78. The van der Waals surface area contributed by atoms with Crippen LogP contribution in [0.3, 0.4) is 0 Å². The zero-order chi connectivity index (χ0) is 21.1. The molecule has 3 rings (SSSR count). The van der Waals surface area contributed by atoms with Crippen molar-refractivity contribution in [1.29, 1.82) is 0 Å². The summed E-state index contributed by atoms with van der Waals surface area (Å²) >= 11 is 1.38.